The lowest BCUT2D eigenvalue weighted by Crippen LogP contribution is -2.39. The van der Waals surface area contributed by atoms with Gasteiger partial charge in [0.05, 0.1) is 6.04 Å². The number of rotatable bonds is 4. The summed E-state index contributed by atoms with van der Waals surface area (Å²) in [5.74, 6) is 0.675. The monoisotopic (exact) mass is 345 g/mol. The van der Waals surface area contributed by atoms with Gasteiger partial charge in [0.2, 0.25) is 0 Å². The van der Waals surface area contributed by atoms with Crippen molar-refractivity contribution in [2.24, 2.45) is 0 Å². The average Bonchev–Trinajstić information content (AvgIpc) is 2.68. The van der Waals surface area contributed by atoms with E-state index in [0.29, 0.717) is 0 Å². The van der Waals surface area contributed by atoms with Crippen LogP contribution >= 0.6 is 0 Å². The second-order valence-electron chi connectivity index (χ2n) is 6.89. The van der Waals surface area contributed by atoms with Gasteiger partial charge in [-0.25, -0.2) is 0 Å². The first-order valence-electron chi connectivity index (χ1n) is 9.25. The van der Waals surface area contributed by atoms with Crippen LogP contribution in [0.2, 0.25) is 0 Å². The minimum absolute atomic E-state index is 0.0698. The summed E-state index contributed by atoms with van der Waals surface area (Å²) in [5, 5.41) is 5.31. The molecule has 1 aliphatic rings. The Morgan fingerprint density at radius 3 is 2.73 bits per heavy atom. The predicted molar refractivity (Wildman–Crippen MR) is 104 cm³/mol. The summed E-state index contributed by atoms with van der Waals surface area (Å²) in [6.07, 6.45) is 2.62. The fourth-order valence-electron chi connectivity index (χ4n) is 3.74. The topological polar surface area (TPSA) is 38.3 Å². The van der Waals surface area contributed by atoms with Gasteiger partial charge in [-0.15, -0.1) is 0 Å². The number of hydrogen-bond acceptors (Lipinski definition) is 2. The van der Waals surface area contributed by atoms with Gasteiger partial charge in [0.25, 0.3) is 5.91 Å². The van der Waals surface area contributed by atoms with Crippen molar-refractivity contribution >= 4 is 16.7 Å². The van der Waals surface area contributed by atoms with E-state index < -0.39 is 6.10 Å². The van der Waals surface area contributed by atoms with Crippen LogP contribution < -0.4 is 10.1 Å². The molecule has 0 saturated carbocycles. The summed E-state index contributed by atoms with van der Waals surface area (Å²) >= 11 is 0. The highest BCUT2D eigenvalue weighted by Crippen LogP contribution is 2.30. The zero-order valence-electron chi connectivity index (χ0n) is 14.9. The predicted octanol–water partition coefficient (Wildman–Crippen LogP) is 4.80. The number of benzene rings is 3. The van der Waals surface area contributed by atoms with Crippen molar-refractivity contribution in [2.75, 3.05) is 0 Å². The van der Waals surface area contributed by atoms with Crippen LogP contribution in [0.5, 0.6) is 5.75 Å². The Morgan fingerprint density at radius 2 is 1.81 bits per heavy atom. The van der Waals surface area contributed by atoms with E-state index >= 15 is 0 Å². The Kier molecular flexibility index (Phi) is 4.61. The Balaban J connectivity index is 1.49. The molecule has 4 rings (SSSR count). The summed E-state index contributed by atoms with van der Waals surface area (Å²) < 4.78 is 6.01. The number of nitrogens with one attached hydrogen (secondary N) is 1. The van der Waals surface area contributed by atoms with Crippen LogP contribution in [0.15, 0.2) is 66.7 Å². The zero-order valence-corrected chi connectivity index (χ0v) is 14.9. The molecule has 3 aromatic carbocycles. The maximum absolute atomic E-state index is 12.7. The van der Waals surface area contributed by atoms with Crippen LogP contribution in [0.4, 0.5) is 0 Å². The van der Waals surface area contributed by atoms with Crippen molar-refractivity contribution in [1.29, 1.82) is 0 Å². The molecule has 0 radical (unpaired) electrons. The third kappa shape index (κ3) is 3.30. The Labute approximate surface area is 154 Å². The van der Waals surface area contributed by atoms with E-state index in [1.165, 1.54) is 11.1 Å². The summed E-state index contributed by atoms with van der Waals surface area (Å²) in [7, 11) is 0. The van der Waals surface area contributed by atoms with E-state index in [0.717, 1.165) is 35.8 Å². The van der Waals surface area contributed by atoms with Crippen LogP contribution in [0.25, 0.3) is 10.8 Å². The number of ether oxygens (including phenoxy) is 1. The van der Waals surface area contributed by atoms with Crippen LogP contribution in [0.1, 0.15) is 36.9 Å². The van der Waals surface area contributed by atoms with Crippen molar-refractivity contribution in [2.45, 2.75) is 38.3 Å². The second-order valence-corrected chi connectivity index (χ2v) is 6.89. The van der Waals surface area contributed by atoms with Crippen molar-refractivity contribution in [3.63, 3.8) is 0 Å². The Hall–Kier alpha value is -2.81. The number of hydrogen-bond donors (Lipinski definition) is 1. The van der Waals surface area contributed by atoms with Gasteiger partial charge in [0.15, 0.2) is 6.10 Å². The summed E-state index contributed by atoms with van der Waals surface area (Å²) in [4.78, 5) is 12.7. The molecule has 26 heavy (non-hydrogen) atoms. The maximum atomic E-state index is 12.7. The highest BCUT2D eigenvalue weighted by atomic mass is 16.5. The number of aryl methyl sites for hydroxylation is 1. The molecule has 0 aliphatic heterocycles. The lowest BCUT2D eigenvalue weighted by Gasteiger charge is -2.27. The maximum Gasteiger partial charge on any atom is 0.261 e. The van der Waals surface area contributed by atoms with Crippen LogP contribution in [-0.2, 0) is 11.2 Å². The van der Waals surface area contributed by atoms with Crippen LogP contribution in [0, 0.1) is 0 Å². The average molecular weight is 345 g/mol. The minimum Gasteiger partial charge on any atom is -0.480 e. The Morgan fingerprint density at radius 1 is 1.04 bits per heavy atom. The molecule has 0 saturated heterocycles. The van der Waals surface area contributed by atoms with E-state index in [9.17, 15) is 4.79 Å². The van der Waals surface area contributed by atoms with Crippen molar-refractivity contribution in [3.8, 4) is 5.75 Å². The summed E-state index contributed by atoms with van der Waals surface area (Å²) in [5.41, 5.74) is 2.58. The molecule has 0 fully saturated rings. The molecule has 1 N–H and O–H groups in total. The molecule has 3 aromatic rings. The van der Waals surface area contributed by atoms with Gasteiger partial charge in [-0.2, -0.15) is 0 Å². The minimum atomic E-state index is -0.546. The number of amides is 1. The molecule has 1 aliphatic carbocycles. The molecule has 2 atom stereocenters. The lowest BCUT2D eigenvalue weighted by atomic mass is 9.87. The Bertz CT molecular complexity index is 929. The van der Waals surface area contributed by atoms with Gasteiger partial charge >= 0.3 is 0 Å². The van der Waals surface area contributed by atoms with E-state index in [4.69, 9.17) is 4.74 Å². The SMILES string of the molecule is C[C@@H](Oc1cccc2ccccc12)C(=O)N[C@H]1CCCc2ccccc21. The lowest BCUT2D eigenvalue weighted by molar-refractivity contribution is -0.128. The molecule has 0 bridgehead atoms. The molecule has 0 heterocycles. The van der Waals surface area contributed by atoms with Gasteiger partial charge in [0, 0.05) is 5.39 Å². The molecule has 0 aromatic heterocycles. The first-order valence-corrected chi connectivity index (χ1v) is 9.25. The van der Waals surface area contributed by atoms with Crippen molar-refractivity contribution in [1.82, 2.24) is 5.32 Å². The van der Waals surface area contributed by atoms with Gasteiger partial charge in [-0.05, 0) is 48.8 Å². The second kappa shape index (κ2) is 7.20. The normalized spacial score (nSPS) is 17.3. The number of fused-ring (bicyclic) bond motifs is 2. The zero-order chi connectivity index (χ0) is 17.9. The molecular weight excluding hydrogens is 322 g/mol. The third-order valence-corrected chi connectivity index (χ3v) is 5.11. The summed E-state index contributed by atoms with van der Waals surface area (Å²) in [6, 6.07) is 22.4. The number of carbonyl (C=O) groups is 1. The van der Waals surface area contributed by atoms with E-state index in [1.54, 1.807) is 0 Å². The molecule has 132 valence electrons. The van der Waals surface area contributed by atoms with Gasteiger partial charge in [0.1, 0.15) is 5.75 Å². The third-order valence-electron chi connectivity index (χ3n) is 5.11. The van der Waals surface area contributed by atoms with Crippen LogP contribution in [0.3, 0.4) is 0 Å². The van der Waals surface area contributed by atoms with Gasteiger partial charge < -0.3 is 10.1 Å². The molecule has 0 spiro atoms. The van der Waals surface area contributed by atoms with E-state index in [-0.39, 0.29) is 11.9 Å². The molecule has 3 heteroatoms. The van der Waals surface area contributed by atoms with Crippen molar-refractivity contribution in [3.05, 3.63) is 77.9 Å². The van der Waals surface area contributed by atoms with Crippen LogP contribution in [-0.4, -0.2) is 12.0 Å². The van der Waals surface area contributed by atoms with Crippen molar-refractivity contribution < 1.29 is 9.53 Å². The highest BCUT2D eigenvalue weighted by molar-refractivity contribution is 5.89. The first kappa shape index (κ1) is 16.6. The standard InChI is InChI=1S/C23H23NO2/c1-16(26-22-15-7-11-18-9-3-5-13-20(18)22)23(25)24-21-14-6-10-17-8-2-4-12-19(17)21/h2-5,7-9,11-13,15-16,21H,6,10,14H2,1H3,(H,24,25)/t16-,21+/m1/s1. The smallest absolute Gasteiger partial charge is 0.261 e. The molecule has 3 nitrogen and oxygen atoms in total. The van der Waals surface area contributed by atoms with Gasteiger partial charge in [-0.3, -0.25) is 4.79 Å². The molecule has 1 amide bonds. The quantitative estimate of drug-likeness (QED) is 0.737. The fourth-order valence-corrected chi connectivity index (χ4v) is 3.74. The number of carbonyl (C=O) groups excluding carboxylic acids is 1. The largest absolute Gasteiger partial charge is 0.480 e. The van der Waals surface area contributed by atoms with Gasteiger partial charge in [-0.1, -0.05) is 60.7 Å². The van der Waals surface area contributed by atoms with E-state index in [2.05, 4.69) is 23.5 Å². The van der Waals surface area contributed by atoms with E-state index in [1.807, 2.05) is 55.5 Å². The molecule has 0 unspecified atom stereocenters. The molecular formula is C23H23NO2. The first-order chi connectivity index (χ1) is 12.7. The fraction of sp³-hybridized carbons (Fsp3) is 0.261. The summed E-state index contributed by atoms with van der Waals surface area (Å²) in [6.45, 7) is 1.81. The highest BCUT2D eigenvalue weighted by Gasteiger charge is 2.24.